The lowest BCUT2D eigenvalue weighted by Gasteiger charge is -2.22. The molecule has 0 aromatic carbocycles. The van der Waals surface area contributed by atoms with Crippen molar-refractivity contribution in [1.82, 2.24) is 15.0 Å². The second-order valence-electron chi connectivity index (χ2n) is 5.18. The van der Waals surface area contributed by atoms with Gasteiger partial charge in [-0.3, -0.25) is 0 Å². The third-order valence-electron chi connectivity index (χ3n) is 3.29. The van der Waals surface area contributed by atoms with E-state index in [0.29, 0.717) is 31.2 Å². The Morgan fingerprint density at radius 3 is 2.65 bits per heavy atom. The minimum atomic E-state index is 0.194. The molecule has 2 rings (SSSR count). The van der Waals surface area contributed by atoms with E-state index in [1.165, 1.54) is 32.1 Å². The summed E-state index contributed by atoms with van der Waals surface area (Å²) in [7, 11) is 3.73. The fourth-order valence-electron chi connectivity index (χ4n) is 2.24. The van der Waals surface area contributed by atoms with E-state index in [-0.39, 0.29) is 5.28 Å². The zero-order valence-electron chi connectivity index (χ0n) is 12.1. The molecule has 1 aromatic rings. The predicted octanol–water partition coefficient (Wildman–Crippen LogP) is 2.35. The van der Waals surface area contributed by atoms with Gasteiger partial charge in [-0.05, 0) is 24.4 Å². The summed E-state index contributed by atoms with van der Waals surface area (Å²) in [5.74, 6) is 1.03. The van der Waals surface area contributed by atoms with Gasteiger partial charge in [-0.15, -0.1) is 0 Å². The first-order valence-electron chi connectivity index (χ1n) is 7.09. The molecule has 0 unspecified atom stereocenters. The highest BCUT2D eigenvalue weighted by Crippen LogP contribution is 2.20. The summed E-state index contributed by atoms with van der Waals surface area (Å²) in [4.78, 5) is 14.1. The number of halogens is 1. The Labute approximate surface area is 124 Å². The van der Waals surface area contributed by atoms with Crippen molar-refractivity contribution in [2.24, 2.45) is 0 Å². The van der Waals surface area contributed by atoms with Gasteiger partial charge in [0.1, 0.15) is 0 Å². The van der Waals surface area contributed by atoms with Gasteiger partial charge >= 0.3 is 0 Å². The van der Waals surface area contributed by atoms with E-state index >= 15 is 0 Å². The van der Waals surface area contributed by atoms with Crippen LogP contribution in [-0.2, 0) is 4.74 Å². The molecule has 1 fully saturated rings. The highest BCUT2D eigenvalue weighted by molar-refractivity contribution is 6.28. The zero-order chi connectivity index (χ0) is 14.4. The Morgan fingerprint density at radius 2 is 1.95 bits per heavy atom. The van der Waals surface area contributed by atoms with Gasteiger partial charge in [-0.25, -0.2) is 0 Å². The molecule has 1 heterocycles. The molecule has 1 aliphatic rings. The third-order valence-corrected chi connectivity index (χ3v) is 3.46. The van der Waals surface area contributed by atoms with Gasteiger partial charge in [0.05, 0.1) is 12.7 Å². The summed E-state index contributed by atoms with van der Waals surface area (Å²) in [6.45, 7) is 1.33. The minimum absolute atomic E-state index is 0.194. The monoisotopic (exact) mass is 299 g/mol. The van der Waals surface area contributed by atoms with Crippen LogP contribution in [0.25, 0.3) is 0 Å². The van der Waals surface area contributed by atoms with E-state index in [4.69, 9.17) is 16.3 Å². The quantitative estimate of drug-likeness (QED) is 0.814. The lowest BCUT2D eigenvalue weighted by molar-refractivity contribution is 0.0347. The Bertz CT molecular complexity index is 423. The number of hydrogen-bond acceptors (Lipinski definition) is 6. The van der Waals surface area contributed by atoms with Crippen molar-refractivity contribution < 1.29 is 4.74 Å². The van der Waals surface area contributed by atoms with Crippen molar-refractivity contribution in [3.63, 3.8) is 0 Å². The summed E-state index contributed by atoms with van der Waals surface area (Å²) in [6, 6.07) is 0. The third kappa shape index (κ3) is 4.76. The molecule has 0 amide bonds. The first-order chi connectivity index (χ1) is 9.65. The molecule has 6 nitrogen and oxygen atoms in total. The fraction of sp³-hybridized carbons (Fsp3) is 0.769. The van der Waals surface area contributed by atoms with E-state index in [1.54, 1.807) is 4.90 Å². The van der Waals surface area contributed by atoms with Gasteiger partial charge in [0.15, 0.2) is 0 Å². The van der Waals surface area contributed by atoms with E-state index in [0.717, 1.165) is 0 Å². The molecular formula is C13H22ClN5O. The predicted molar refractivity (Wildman–Crippen MR) is 80.5 cm³/mol. The maximum Gasteiger partial charge on any atom is 0.230 e. The molecule has 1 N–H and O–H groups in total. The summed E-state index contributed by atoms with van der Waals surface area (Å²) >= 11 is 5.87. The standard InChI is InChI=1S/C13H22ClN5O/c1-19(2)13-17-11(14)16-12(18-13)15-8-9-20-10-6-4-3-5-7-10/h10H,3-9H2,1-2H3,(H,15,16,17,18). The van der Waals surface area contributed by atoms with Crippen LogP contribution in [0.5, 0.6) is 0 Å². The number of rotatable bonds is 6. The maximum absolute atomic E-state index is 5.87. The lowest BCUT2D eigenvalue weighted by atomic mass is 9.98. The number of hydrogen-bond donors (Lipinski definition) is 1. The summed E-state index contributed by atoms with van der Waals surface area (Å²) in [6.07, 6.45) is 6.70. The van der Waals surface area contributed by atoms with Gasteiger partial charge < -0.3 is 15.0 Å². The number of anilines is 2. The number of nitrogens with one attached hydrogen (secondary N) is 1. The molecule has 1 aliphatic carbocycles. The second-order valence-corrected chi connectivity index (χ2v) is 5.52. The highest BCUT2D eigenvalue weighted by Gasteiger charge is 2.13. The molecule has 112 valence electrons. The van der Waals surface area contributed by atoms with Gasteiger partial charge in [-0.2, -0.15) is 15.0 Å². The van der Waals surface area contributed by atoms with Crippen LogP contribution in [0.4, 0.5) is 11.9 Å². The van der Waals surface area contributed by atoms with Gasteiger partial charge in [0.2, 0.25) is 17.2 Å². The molecule has 1 saturated carbocycles. The Morgan fingerprint density at radius 1 is 1.20 bits per heavy atom. The average Bonchev–Trinajstić information content (AvgIpc) is 2.44. The molecule has 1 aromatic heterocycles. The molecule has 0 radical (unpaired) electrons. The largest absolute Gasteiger partial charge is 0.376 e. The van der Waals surface area contributed by atoms with Gasteiger partial charge in [-0.1, -0.05) is 19.3 Å². The number of nitrogens with zero attached hydrogens (tertiary/aromatic N) is 4. The summed E-state index contributed by atoms with van der Waals surface area (Å²) < 4.78 is 5.84. The Balaban J connectivity index is 1.75. The van der Waals surface area contributed by atoms with E-state index < -0.39 is 0 Å². The maximum atomic E-state index is 5.87. The van der Waals surface area contributed by atoms with Crippen LogP contribution in [0.3, 0.4) is 0 Å². The topological polar surface area (TPSA) is 63.2 Å². The second kappa shape index (κ2) is 7.59. The Hall–Kier alpha value is -1.14. The highest BCUT2D eigenvalue weighted by atomic mass is 35.5. The van der Waals surface area contributed by atoms with E-state index in [1.807, 2.05) is 14.1 Å². The molecule has 0 saturated heterocycles. The minimum Gasteiger partial charge on any atom is -0.376 e. The first kappa shape index (κ1) is 15.3. The van der Waals surface area contributed by atoms with Crippen LogP contribution in [-0.4, -0.2) is 48.3 Å². The molecular weight excluding hydrogens is 278 g/mol. The number of ether oxygens (including phenoxy) is 1. The normalized spacial score (nSPS) is 16.1. The number of aromatic nitrogens is 3. The van der Waals surface area contributed by atoms with E-state index in [2.05, 4.69) is 20.3 Å². The fourth-order valence-corrected chi connectivity index (χ4v) is 2.39. The molecule has 20 heavy (non-hydrogen) atoms. The molecule has 0 bridgehead atoms. The summed E-state index contributed by atoms with van der Waals surface area (Å²) in [5, 5.41) is 3.32. The van der Waals surface area contributed by atoms with Crippen molar-refractivity contribution in [1.29, 1.82) is 0 Å². The smallest absolute Gasteiger partial charge is 0.230 e. The van der Waals surface area contributed by atoms with Gasteiger partial charge in [0, 0.05) is 20.6 Å². The van der Waals surface area contributed by atoms with Gasteiger partial charge in [0.25, 0.3) is 0 Å². The van der Waals surface area contributed by atoms with Crippen LogP contribution in [0.15, 0.2) is 0 Å². The van der Waals surface area contributed by atoms with Crippen molar-refractivity contribution in [3.05, 3.63) is 5.28 Å². The average molecular weight is 300 g/mol. The zero-order valence-corrected chi connectivity index (χ0v) is 12.9. The van der Waals surface area contributed by atoms with Crippen molar-refractivity contribution in [2.45, 2.75) is 38.2 Å². The first-order valence-corrected chi connectivity index (χ1v) is 7.47. The van der Waals surface area contributed by atoms with Crippen molar-refractivity contribution >= 4 is 23.5 Å². The van der Waals surface area contributed by atoms with Crippen LogP contribution in [0, 0.1) is 0 Å². The molecule has 0 aliphatic heterocycles. The van der Waals surface area contributed by atoms with E-state index in [9.17, 15) is 0 Å². The molecule has 0 spiro atoms. The van der Waals surface area contributed by atoms with Crippen LogP contribution < -0.4 is 10.2 Å². The lowest BCUT2D eigenvalue weighted by Crippen LogP contribution is -2.21. The summed E-state index contributed by atoms with van der Waals surface area (Å²) in [5.41, 5.74) is 0. The van der Waals surface area contributed by atoms with Crippen LogP contribution in [0.1, 0.15) is 32.1 Å². The van der Waals surface area contributed by atoms with Crippen LogP contribution >= 0.6 is 11.6 Å². The Kier molecular flexibility index (Phi) is 5.79. The van der Waals surface area contributed by atoms with Crippen LogP contribution in [0.2, 0.25) is 5.28 Å². The molecule has 0 atom stereocenters. The van der Waals surface area contributed by atoms with Crippen molar-refractivity contribution in [2.75, 3.05) is 37.5 Å². The SMILES string of the molecule is CN(C)c1nc(Cl)nc(NCCOC2CCCCC2)n1. The molecule has 7 heteroatoms. The van der Waals surface area contributed by atoms with Crippen molar-refractivity contribution in [3.8, 4) is 0 Å².